The standard InChI is InChI=1S/C18H22O3/c1-4-20-17(19)15-10-13(12-7-5-6-8-12)9-14-11-18(2,3)21-16(14)15/h5,7,9-10,12H,4,6,8,11H2,1-3H3. The van der Waals surface area contributed by atoms with Gasteiger partial charge in [-0.25, -0.2) is 4.79 Å². The lowest BCUT2D eigenvalue weighted by molar-refractivity contribution is 0.0516. The first-order valence-corrected chi connectivity index (χ1v) is 7.70. The van der Waals surface area contributed by atoms with Crippen LogP contribution in [0.15, 0.2) is 24.3 Å². The van der Waals surface area contributed by atoms with E-state index in [9.17, 15) is 4.79 Å². The lowest BCUT2D eigenvalue weighted by atomic mass is 9.92. The molecule has 1 aliphatic heterocycles. The zero-order valence-corrected chi connectivity index (χ0v) is 12.9. The molecule has 1 atom stereocenters. The van der Waals surface area contributed by atoms with Crippen LogP contribution in [0.3, 0.4) is 0 Å². The van der Waals surface area contributed by atoms with E-state index in [1.54, 1.807) is 0 Å². The lowest BCUT2D eigenvalue weighted by Crippen LogP contribution is -2.25. The van der Waals surface area contributed by atoms with E-state index >= 15 is 0 Å². The Morgan fingerprint density at radius 3 is 2.90 bits per heavy atom. The number of allylic oxidation sites excluding steroid dienone is 2. The van der Waals surface area contributed by atoms with Crippen LogP contribution in [-0.4, -0.2) is 18.2 Å². The Bertz CT molecular complexity index is 599. The maximum Gasteiger partial charge on any atom is 0.341 e. The van der Waals surface area contributed by atoms with Crippen molar-refractivity contribution in [3.05, 3.63) is 41.0 Å². The van der Waals surface area contributed by atoms with Gasteiger partial charge in [-0.1, -0.05) is 18.2 Å². The second kappa shape index (κ2) is 5.21. The van der Waals surface area contributed by atoms with Gasteiger partial charge in [0.1, 0.15) is 16.9 Å². The fourth-order valence-electron chi connectivity index (χ4n) is 3.22. The molecule has 0 fully saturated rings. The van der Waals surface area contributed by atoms with E-state index in [0.717, 1.165) is 24.8 Å². The molecule has 1 heterocycles. The van der Waals surface area contributed by atoms with Crippen LogP contribution < -0.4 is 4.74 Å². The van der Waals surface area contributed by atoms with Crippen molar-refractivity contribution >= 4 is 5.97 Å². The number of rotatable bonds is 3. The Morgan fingerprint density at radius 2 is 2.24 bits per heavy atom. The Balaban J connectivity index is 2.05. The second-order valence-corrected chi connectivity index (χ2v) is 6.43. The SMILES string of the molecule is CCOC(=O)c1cc(C2C=CCC2)cc2c1OC(C)(C)C2. The van der Waals surface area contributed by atoms with E-state index in [4.69, 9.17) is 9.47 Å². The monoisotopic (exact) mass is 286 g/mol. The second-order valence-electron chi connectivity index (χ2n) is 6.43. The predicted molar refractivity (Wildman–Crippen MR) is 81.9 cm³/mol. The summed E-state index contributed by atoms with van der Waals surface area (Å²) in [6.07, 6.45) is 7.50. The molecule has 3 nitrogen and oxygen atoms in total. The highest BCUT2D eigenvalue weighted by molar-refractivity contribution is 5.93. The van der Waals surface area contributed by atoms with Gasteiger partial charge in [0.05, 0.1) is 6.61 Å². The van der Waals surface area contributed by atoms with Gasteiger partial charge < -0.3 is 9.47 Å². The Labute approximate surface area is 125 Å². The van der Waals surface area contributed by atoms with Gasteiger partial charge in [-0.05, 0) is 50.8 Å². The fraction of sp³-hybridized carbons (Fsp3) is 0.500. The van der Waals surface area contributed by atoms with Crippen LogP contribution in [0.25, 0.3) is 0 Å². The summed E-state index contributed by atoms with van der Waals surface area (Å²) in [6, 6.07) is 4.16. The first-order valence-electron chi connectivity index (χ1n) is 7.70. The molecule has 0 aromatic heterocycles. The number of benzene rings is 1. The van der Waals surface area contributed by atoms with E-state index in [0.29, 0.717) is 23.8 Å². The molecule has 0 saturated carbocycles. The maximum absolute atomic E-state index is 12.3. The molecule has 0 radical (unpaired) electrons. The van der Waals surface area contributed by atoms with Gasteiger partial charge in [-0.2, -0.15) is 0 Å². The molecular formula is C18H22O3. The lowest BCUT2D eigenvalue weighted by Gasteiger charge is -2.18. The third-order valence-corrected chi connectivity index (χ3v) is 4.12. The molecule has 2 aliphatic rings. The predicted octanol–water partition coefficient (Wildman–Crippen LogP) is 4.01. The number of carbonyl (C=O) groups is 1. The average Bonchev–Trinajstić information content (AvgIpc) is 3.02. The number of hydrogen-bond acceptors (Lipinski definition) is 3. The van der Waals surface area contributed by atoms with E-state index in [2.05, 4.69) is 32.1 Å². The normalized spacial score (nSPS) is 22.0. The molecule has 21 heavy (non-hydrogen) atoms. The molecular weight excluding hydrogens is 264 g/mol. The number of hydrogen-bond donors (Lipinski definition) is 0. The summed E-state index contributed by atoms with van der Waals surface area (Å²) >= 11 is 0. The number of ether oxygens (including phenoxy) is 2. The minimum Gasteiger partial charge on any atom is -0.486 e. The summed E-state index contributed by atoms with van der Waals surface area (Å²) in [5.74, 6) is 0.839. The Morgan fingerprint density at radius 1 is 1.43 bits per heavy atom. The molecule has 1 aliphatic carbocycles. The summed E-state index contributed by atoms with van der Waals surface area (Å²) in [4.78, 5) is 12.3. The largest absolute Gasteiger partial charge is 0.486 e. The van der Waals surface area contributed by atoms with Gasteiger partial charge in [0.25, 0.3) is 0 Å². The quantitative estimate of drug-likeness (QED) is 0.622. The third kappa shape index (κ3) is 2.69. The van der Waals surface area contributed by atoms with E-state index in [1.165, 1.54) is 5.56 Å². The minimum atomic E-state index is -0.282. The number of esters is 1. The highest BCUT2D eigenvalue weighted by atomic mass is 16.5. The van der Waals surface area contributed by atoms with Crippen LogP contribution in [0.5, 0.6) is 5.75 Å². The molecule has 0 N–H and O–H groups in total. The van der Waals surface area contributed by atoms with E-state index in [-0.39, 0.29) is 11.6 Å². The van der Waals surface area contributed by atoms with Gasteiger partial charge in [-0.3, -0.25) is 0 Å². The molecule has 0 bridgehead atoms. The minimum absolute atomic E-state index is 0.256. The van der Waals surface area contributed by atoms with Gasteiger partial charge in [0.2, 0.25) is 0 Å². The van der Waals surface area contributed by atoms with Crippen LogP contribution >= 0.6 is 0 Å². The summed E-state index contributed by atoms with van der Waals surface area (Å²) in [5.41, 5.74) is 2.65. The topological polar surface area (TPSA) is 35.5 Å². The Hall–Kier alpha value is -1.77. The van der Waals surface area contributed by atoms with Crippen molar-refractivity contribution in [1.29, 1.82) is 0 Å². The Kier molecular flexibility index (Phi) is 3.52. The molecule has 0 saturated heterocycles. The molecule has 1 aromatic carbocycles. The molecule has 0 spiro atoms. The van der Waals surface area contributed by atoms with E-state index in [1.807, 2.05) is 13.0 Å². The van der Waals surface area contributed by atoms with Gasteiger partial charge in [0, 0.05) is 12.3 Å². The van der Waals surface area contributed by atoms with Crippen molar-refractivity contribution in [2.45, 2.75) is 51.6 Å². The maximum atomic E-state index is 12.3. The fourth-order valence-corrected chi connectivity index (χ4v) is 3.22. The first kappa shape index (κ1) is 14.2. The summed E-state index contributed by atoms with van der Waals surface area (Å²) in [7, 11) is 0. The zero-order chi connectivity index (χ0) is 15.0. The van der Waals surface area contributed by atoms with Crippen molar-refractivity contribution in [3.8, 4) is 5.75 Å². The highest BCUT2D eigenvalue weighted by Crippen LogP contribution is 2.41. The summed E-state index contributed by atoms with van der Waals surface area (Å²) in [6.45, 7) is 6.31. The van der Waals surface area contributed by atoms with Crippen LogP contribution in [0.4, 0.5) is 0 Å². The third-order valence-electron chi connectivity index (χ3n) is 4.12. The van der Waals surface area contributed by atoms with Crippen molar-refractivity contribution in [1.82, 2.24) is 0 Å². The molecule has 0 amide bonds. The molecule has 3 rings (SSSR count). The average molecular weight is 286 g/mol. The number of fused-ring (bicyclic) bond motifs is 1. The van der Waals surface area contributed by atoms with Crippen molar-refractivity contribution < 1.29 is 14.3 Å². The van der Waals surface area contributed by atoms with Crippen molar-refractivity contribution in [2.75, 3.05) is 6.61 Å². The molecule has 3 heteroatoms. The van der Waals surface area contributed by atoms with Crippen molar-refractivity contribution in [2.24, 2.45) is 0 Å². The van der Waals surface area contributed by atoms with Gasteiger partial charge in [0.15, 0.2) is 0 Å². The van der Waals surface area contributed by atoms with Crippen LogP contribution in [0, 0.1) is 0 Å². The zero-order valence-electron chi connectivity index (χ0n) is 12.9. The number of carbonyl (C=O) groups excluding carboxylic acids is 1. The van der Waals surface area contributed by atoms with Crippen molar-refractivity contribution in [3.63, 3.8) is 0 Å². The summed E-state index contributed by atoms with van der Waals surface area (Å²) < 4.78 is 11.2. The molecule has 112 valence electrons. The highest BCUT2D eigenvalue weighted by Gasteiger charge is 2.34. The van der Waals surface area contributed by atoms with Crippen LogP contribution in [-0.2, 0) is 11.2 Å². The smallest absolute Gasteiger partial charge is 0.341 e. The van der Waals surface area contributed by atoms with Gasteiger partial charge >= 0.3 is 5.97 Å². The summed E-state index contributed by atoms with van der Waals surface area (Å²) in [5, 5.41) is 0. The van der Waals surface area contributed by atoms with Crippen LogP contribution in [0.2, 0.25) is 0 Å². The molecule has 1 aromatic rings. The first-order chi connectivity index (χ1) is 10.00. The van der Waals surface area contributed by atoms with Crippen LogP contribution in [0.1, 0.15) is 61.0 Å². The van der Waals surface area contributed by atoms with Gasteiger partial charge in [-0.15, -0.1) is 0 Å². The van der Waals surface area contributed by atoms with E-state index < -0.39 is 0 Å². The molecule has 1 unspecified atom stereocenters.